The second-order valence-corrected chi connectivity index (χ2v) is 7.76. The molecule has 1 saturated heterocycles. The summed E-state index contributed by atoms with van der Waals surface area (Å²) < 4.78 is 21.7. The number of carbonyl (C=O) groups excluding carboxylic acids is 3. The Morgan fingerprint density at radius 1 is 1.12 bits per heavy atom. The highest BCUT2D eigenvalue weighted by atomic mass is 16.6. The van der Waals surface area contributed by atoms with Crippen LogP contribution in [0.5, 0.6) is 17.2 Å². The van der Waals surface area contributed by atoms with Gasteiger partial charge in [0.2, 0.25) is 5.91 Å². The molecular weight excluding hydrogens is 428 g/mol. The third-order valence-electron chi connectivity index (χ3n) is 5.39. The molecule has 0 aliphatic carbocycles. The number of amides is 2. The largest absolute Gasteiger partial charge is 0.494 e. The van der Waals surface area contributed by atoms with E-state index in [-0.39, 0.29) is 18.9 Å². The molecule has 2 aromatic rings. The van der Waals surface area contributed by atoms with E-state index in [1.165, 1.54) is 6.92 Å². The van der Waals surface area contributed by atoms with E-state index in [0.717, 1.165) is 0 Å². The van der Waals surface area contributed by atoms with E-state index in [2.05, 4.69) is 5.32 Å². The lowest BCUT2D eigenvalue weighted by atomic mass is 10.1. The van der Waals surface area contributed by atoms with E-state index in [9.17, 15) is 14.4 Å². The van der Waals surface area contributed by atoms with Gasteiger partial charge in [-0.25, -0.2) is 0 Å². The van der Waals surface area contributed by atoms with Crippen molar-refractivity contribution in [3.63, 3.8) is 0 Å². The van der Waals surface area contributed by atoms with Crippen LogP contribution in [0.1, 0.15) is 20.3 Å². The van der Waals surface area contributed by atoms with Gasteiger partial charge in [-0.15, -0.1) is 0 Å². The van der Waals surface area contributed by atoms with Crippen molar-refractivity contribution in [3.05, 3.63) is 42.5 Å². The zero-order valence-electron chi connectivity index (χ0n) is 18.5. The average molecular weight is 454 g/mol. The Morgan fingerprint density at radius 2 is 1.85 bits per heavy atom. The van der Waals surface area contributed by atoms with E-state index in [1.807, 2.05) is 6.92 Å². The van der Waals surface area contributed by atoms with Crippen molar-refractivity contribution < 1.29 is 33.3 Å². The van der Waals surface area contributed by atoms with Gasteiger partial charge >= 0.3 is 5.97 Å². The second kappa shape index (κ2) is 9.81. The number of rotatable bonds is 7. The van der Waals surface area contributed by atoms with Crippen molar-refractivity contribution in [1.29, 1.82) is 0 Å². The Bertz CT molecular complexity index is 1040. The third kappa shape index (κ3) is 5.19. The molecule has 9 heteroatoms. The first-order valence-electron chi connectivity index (χ1n) is 10.9. The monoisotopic (exact) mass is 454 g/mol. The average Bonchev–Trinajstić information content (AvgIpc) is 3.21. The molecule has 2 aromatic carbocycles. The van der Waals surface area contributed by atoms with Gasteiger partial charge in [0.15, 0.2) is 17.6 Å². The van der Waals surface area contributed by atoms with Crippen LogP contribution in [-0.2, 0) is 19.1 Å². The molecule has 1 fully saturated rings. The lowest BCUT2D eigenvalue weighted by Crippen LogP contribution is -2.33. The molecule has 2 amide bonds. The summed E-state index contributed by atoms with van der Waals surface area (Å²) >= 11 is 0. The number of esters is 1. The first kappa shape index (κ1) is 22.4. The number of nitrogens with zero attached hydrogens (tertiary/aromatic N) is 1. The zero-order valence-corrected chi connectivity index (χ0v) is 18.5. The summed E-state index contributed by atoms with van der Waals surface area (Å²) in [7, 11) is 0. The molecule has 0 aromatic heterocycles. The minimum Gasteiger partial charge on any atom is -0.494 e. The van der Waals surface area contributed by atoms with Crippen LogP contribution >= 0.6 is 0 Å². The van der Waals surface area contributed by atoms with Crippen molar-refractivity contribution in [3.8, 4) is 17.2 Å². The molecule has 33 heavy (non-hydrogen) atoms. The van der Waals surface area contributed by atoms with Crippen molar-refractivity contribution in [2.24, 2.45) is 5.92 Å². The van der Waals surface area contributed by atoms with Crippen LogP contribution in [0.4, 0.5) is 11.4 Å². The summed E-state index contributed by atoms with van der Waals surface area (Å²) in [6.45, 7) is 5.05. The van der Waals surface area contributed by atoms with Crippen molar-refractivity contribution >= 4 is 29.2 Å². The molecule has 4 rings (SSSR count). The summed E-state index contributed by atoms with van der Waals surface area (Å²) in [5.74, 6) is -0.0107. The molecule has 1 N–H and O–H groups in total. The number of hydrogen-bond acceptors (Lipinski definition) is 7. The van der Waals surface area contributed by atoms with Crippen LogP contribution < -0.4 is 24.4 Å². The minimum absolute atomic E-state index is 0.0303. The van der Waals surface area contributed by atoms with Gasteiger partial charge in [0.05, 0.1) is 12.5 Å². The van der Waals surface area contributed by atoms with Gasteiger partial charge in [-0.05, 0) is 50.2 Å². The highest BCUT2D eigenvalue weighted by molar-refractivity contribution is 6.00. The van der Waals surface area contributed by atoms with Crippen LogP contribution in [0, 0.1) is 5.92 Å². The molecule has 2 aliphatic heterocycles. The molecule has 2 atom stereocenters. The fourth-order valence-corrected chi connectivity index (χ4v) is 3.69. The lowest BCUT2D eigenvalue weighted by Gasteiger charge is -2.20. The summed E-state index contributed by atoms with van der Waals surface area (Å²) in [6, 6.07) is 12.2. The molecule has 2 aliphatic rings. The summed E-state index contributed by atoms with van der Waals surface area (Å²) in [5.41, 5.74) is 1.19. The predicted octanol–water partition coefficient (Wildman–Crippen LogP) is 2.78. The van der Waals surface area contributed by atoms with Gasteiger partial charge in [0, 0.05) is 30.4 Å². The fraction of sp³-hybridized carbons (Fsp3) is 0.375. The standard InChI is InChI=1S/C24H26N2O7/c1-3-30-19-7-5-18(6-8-19)26-14-16(12-22(26)27)24(29)33-15(2)23(28)25-17-4-9-20-21(13-17)32-11-10-31-20/h4-9,13,15-16H,3,10-12,14H2,1-2H3,(H,25,28). The van der Waals surface area contributed by atoms with Gasteiger partial charge in [0.25, 0.3) is 5.91 Å². The van der Waals surface area contributed by atoms with Crippen LogP contribution in [0.2, 0.25) is 0 Å². The Labute approximate surface area is 191 Å². The number of hydrogen-bond donors (Lipinski definition) is 1. The van der Waals surface area contributed by atoms with Gasteiger partial charge in [-0.1, -0.05) is 0 Å². The van der Waals surface area contributed by atoms with E-state index in [1.54, 1.807) is 47.4 Å². The maximum Gasteiger partial charge on any atom is 0.312 e. The Morgan fingerprint density at radius 3 is 2.58 bits per heavy atom. The number of fused-ring (bicyclic) bond motifs is 1. The molecule has 0 spiro atoms. The predicted molar refractivity (Wildman–Crippen MR) is 120 cm³/mol. The van der Waals surface area contributed by atoms with Crippen molar-refractivity contribution in [2.45, 2.75) is 26.4 Å². The Kier molecular flexibility index (Phi) is 6.67. The van der Waals surface area contributed by atoms with Gasteiger partial charge in [-0.2, -0.15) is 0 Å². The van der Waals surface area contributed by atoms with Crippen LogP contribution in [0.15, 0.2) is 42.5 Å². The van der Waals surface area contributed by atoms with E-state index >= 15 is 0 Å². The highest BCUT2D eigenvalue weighted by Gasteiger charge is 2.37. The summed E-state index contributed by atoms with van der Waals surface area (Å²) in [6.07, 6.45) is -0.997. The minimum atomic E-state index is -1.03. The van der Waals surface area contributed by atoms with E-state index in [4.69, 9.17) is 18.9 Å². The molecular formula is C24H26N2O7. The Hall–Kier alpha value is -3.75. The zero-order chi connectivity index (χ0) is 23.4. The number of ether oxygens (including phenoxy) is 4. The molecule has 2 unspecified atom stereocenters. The van der Waals surface area contributed by atoms with E-state index in [0.29, 0.717) is 48.4 Å². The first-order valence-corrected chi connectivity index (χ1v) is 10.9. The highest BCUT2D eigenvalue weighted by Crippen LogP contribution is 2.33. The molecule has 2 heterocycles. The molecule has 174 valence electrons. The smallest absolute Gasteiger partial charge is 0.312 e. The summed E-state index contributed by atoms with van der Waals surface area (Å²) in [4.78, 5) is 39.2. The quantitative estimate of drug-likeness (QED) is 0.642. The molecule has 0 radical (unpaired) electrons. The second-order valence-electron chi connectivity index (χ2n) is 7.76. The number of benzene rings is 2. The Balaban J connectivity index is 1.32. The van der Waals surface area contributed by atoms with Gasteiger partial charge < -0.3 is 29.2 Å². The third-order valence-corrected chi connectivity index (χ3v) is 5.39. The lowest BCUT2D eigenvalue weighted by molar-refractivity contribution is -0.157. The number of anilines is 2. The maximum absolute atomic E-state index is 12.6. The first-order chi connectivity index (χ1) is 15.9. The SMILES string of the molecule is CCOc1ccc(N2CC(C(=O)OC(C)C(=O)Nc3ccc4c(c3)OCCO4)CC2=O)cc1. The number of carbonyl (C=O) groups is 3. The van der Waals surface area contributed by atoms with Gasteiger partial charge in [-0.3, -0.25) is 14.4 Å². The summed E-state index contributed by atoms with van der Waals surface area (Å²) in [5, 5.41) is 2.71. The van der Waals surface area contributed by atoms with Crippen molar-refractivity contribution in [1.82, 2.24) is 0 Å². The fourth-order valence-electron chi connectivity index (χ4n) is 3.69. The van der Waals surface area contributed by atoms with Crippen LogP contribution in [0.25, 0.3) is 0 Å². The van der Waals surface area contributed by atoms with E-state index < -0.39 is 23.9 Å². The maximum atomic E-state index is 12.6. The van der Waals surface area contributed by atoms with Crippen LogP contribution in [-0.4, -0.2) is 50.3 Å². The molecule has 0 bridgehead atoms. The molecule has 0 saturated carbocycles. The van der Waals surface area contributed by atoms with Crippen LogP contribution in [0.3, 0.4) is 0 Å². The number of nitrogens with one attached hydrogen (secondary N) is 1. The topological polar surface area (TPSA) is 103 Å². The van der Waals surface area contributed by atoms with Gasteiger partial charge in [0.1, 0.15) is 19.0 Å². The normalized spacial score (nSPS) is 17.9. The van der Waals surface area contributed by atoms with Crippen molar-refractivity contribution in [2.75, 3.05) is 36.6 Å². The molecule has 9 nitrogen and oxygen atoms in total.